The van der Waals surface area contributed by atoms with Crippen LogP contribution < -0.4 is 5.73 Å². The number of amides is 1. The third kappa shape index (κ3) is 2.48. The summed E-state index contributed by atoms with van der Waals surface area (Å²) < 4.78 is 5.05. The van der Waals surface area contributed by atoms with Crippen LogP contribution in [0.1, 0.15) is 29.7 Å². The molecular weight excluding hydrogens is 216 g/mol. The Morgan fingerprint density at radius 2 is 2.18 bits per heavy atom. The van der Waals surface area contributed by atoms with Crippen molar-refractivity contribution in [3.8, 4) is 0 Å². The van der Waals surface area contributed by atoms with Gasteiger partial charge < -0.3 is 15.4 Å². The Hall–Kier alpha value is -1.39. The lowest BCUT2D eigenvalue weighted by Gasteiger charge is -2.12. The number of nitrogens with zero attached hydrogens (tertiary/aromatic N) is 1. The molecule has 0 saturated carbocycles. The summed E-state index contributed by atoms with van der Waals surface area (Å²) in [6, 6.07) is 6.06. The molecule has 1 atom stereocenters. The van der Waals surface area contributed by atoms with Gasteiger partial charge in [-0.05, 0) is 16.7 Å². The monoisotopic (exact) mass is 234 g/mol. The van der Waals surface area contributed by atoms with Gasteiger partial charge in [0.2, 0.25) is 5.91 Å². The molecule has 1 heterocycles. The number of ether oxygens (including phenoxy) is 1. The van der Waals surface area contributed by atoms with Crippen molar-refractivity contribution in [1.82, 2.24) is 4.90 Å². The first-order chi connectivity index (χ1) is 8.11. The van der Waals surface area contributed by atoms with Gasteiger partial charge in [-0.15, -0.1) is 0 Å². The third-order valence-corrected chi connectivity index (χ3v) is 3.17. The van der Waals surface area contributed by atoms with Crippen LogP contribution in [0.25, 0.3) is 0 Å². The van der Waals surface area contributed by atoms with E-state index in [2.05, 4.69) is 12.1 Å². The van der Waals surface area contributed by atoms with Crippen molar-refractivity contribution in [3.63, 3.8) is 0 Å². The molecular formula is C13H18N2O2. The summed E-state index contributed by atoms with van der Waals surface area (Å²) in [6.07, 6.45) is 0. The van der Waals surface area contributed by atoms with Crippen molar-refractivity contribution in [1.29, 1.82) is 0 Å². The van der Waals surface area contributed by atoms with Gasteiger partial charge >= 0.3 is 0 Å². The quantitative estimate of drug-likeness (QED) is 0.854. The minimum Gasteiger partial charge on any atom is -0.383 e. The van der Waals surface area contributed by atoms with E-state index in [1.54, 1.807) is 14.0 Å². The van der Waals surface area contributed by atoms with Crippen LogP contribution in [0, 0.1) is 0 Å². The molecule has 0 aliphatic carbocycles. The predicted octanol–water partition coefficient (Wildman–Crippen LogP) is 1.19. The number of carbonyl (C=O) groups is 1. The van der Waals surface area contributed by atoms with E-state index in [4.69, 9.17) is 10.5 Å². The highest BCUT2D eigenvalue weighted by molar-refractivity contribution is 5.74. The Morgan fingerprint density at radius 1 is 1.47 bits per heavy atom. The summed E-state index contributed by atoms with van der Waals surface area (Å²) in [5.74, 6) is 0.115. The topological polar surface area (TPSA) is 55.6 Å². The number of nitrogens with two attached hydrogens (primary N) is 1. The Labute approximate surface area is 101 Å². The van der Waals surface area contributed by atoms with Gasteiger partial charge in [-0.25, -0.2) is 0 Å². The number of hydrogen-bond donors (Lipinski definition) is 1. The van der Waals surface area contributed by atoms with Crippen LogP contribution in [-0.2, 0) is 22.6 Å². The first-order valence-corrected chi connectivity index (χ1v) is 5.73. The standard InChI is InChI=1S/C13H18N2O2/c1-9(16)15-6-11-4-3-10(5-12(11)7-15)13(14)8-17-2/h3-5,13H,6-8,14H2,1-2H3. The predicted molar refractivity (Wildman–Crippen MR) is 65.2 cm³/mol. The van der Waals surface area contributed by atoms with Gasteiger partial charge in [0.25, 0.3) is 0 Å². The summed E-state index contributed by atoms with van der Waals surface area (Å²) in [5, 5.41) is 0. The van der Waals surface area contributed by atoms with E-state index in [9.17, 15) is 4.79 Å². The molecule has 0 fully saturated rings. The summed E-state index contributed by atoms with van der Waals surface area (Å²) in [6.45, 7) is 3.52. The summed E-state index contributed by atoms with van der Waals surface area (Å²) >= 11 is 0. The zero-order valence-corrected chi connectivity index (χ0v) is 10.3. The molecule has 1 aromatic carbocycles. The van der Waals surface area contributed by atoms with E-state index in [1.807, 2.05) is 11.0 Å². The van der Waals surface area contributed by atoms with E-state index < -0.39 is 0 Å². The zero-order valence-electron chi connectivity index (χ0n) is 10.3. The molecule has 0 aromatic heterocycles. The van der Waals surface area contributed by atoms with Crippen molar-refractivity contribution in [3.05, 3.63) is 34.9 Å². The van der Waals surface area contributed by atoms with E-state index in [0.29, 0.717) is 19.7 Å². The Kier molecular flexibility index (Phi) is 3.45. The van der Waals surface area contributed by atoms with Gasteiger partial charge in [-0.2, -0.15) is 0 Å². The van der Waals surface area contributed by atoms with Crippen LogP contribution in [0.5, 0.6) is 0 Å². The Morgan fingerprint density at radius 3 is 2.82 bits per heavy atom. The van der Waals surface area contributed by atoms with Crippen molar-refractivity contribution < 1.29 is 9.53 Å². The smallest absolute Gasteiger partial charge is 0.220 e. The average Bonchev–Trinajstić information content (AvgIpc) is 2.71. The second-order valence-electron chi connectivity index (χ2n) is 4.47. The van der Waals surface area contributed by atoms with Crippen LogP contribution in [0.4, 0.5) is 0 Å². The van der Waals surface area contributed by atoms with Gasteiger partial charge in [-0.3, -0.25) is 4.79 Å². The fourth-order valence-electron chi connectivity index (χ4n) is 2.14. The number of benzene rings is 1. The normalized spacial score (nSPS) is 15.8. The zero-order chi connectivity index (χ0) is 12.4. The molecule has 1 amide bonds. The largest absolute Gasteiger partial charge is 0.383 e. The molecule has 2 rings (SSSR count). The molecule has 0 radical (unpaired) electrons. The molecule has 1 aliphatic rings. The summed E-state index contributed by atoms with van der Waals surface area (Å²) in [4.78, 5) is 13.1. The fraction of sp³-hybridized carbons (Fsp3) is 0.462. The van der Waals surface area contributed by atoms with Crippen LogP contribution in [0.2, 0.25) is 0 Å². The molecule has 2 N–H and O–H groups in total. The first kappa shape index (κ1) is 12.1. The molecule has 1 unspecified atom stereocenters. The van der Waals surface area contributed by atoms with E-state index >= 15 is 0 Å². The van der Waals surface area contributed by atoms with Crippen molar-refractivity contribution in [2.24, 2.45) is 5.73 Å². The van der Waals surface area contributed by atoms with Crippen LogP contribution >= 0.6 is 0 Å². The molecule has 92 valence electrons. The van der Waals surface area contributed by atoms with Crippen molar-refractivity contribution in [2.45, 2.75) is 26.1 Å². The summed E-state index contributed by atoms with van der Waals surface area (Å²) in [7, 11) is 1.64. The Balaban J connectivity index is 2.17. The molecule has 4 nitrogen and oxygen atoms in total. The SMILES string of the molecule is COCC(N)c1ccc2c(c1)CN(C(C)=O)C2. The fourth-order valence-corrected chi connectivity index (χ4v) is 2.14. The number of methoxy groups -OCH3 is 1. The van der Waals surface area contributed by atoms with Gasteiger partial charge in [0.15, 0.2) is 0 Å². The van der Waals surface area contributed by atoms with Crippen LogP contribution in [0.15, 0.2) is 18.2 Å². The maximum absolute atomic E-state index is 11.3. The van der Waals surface area contributed by atoms with E-state index in [1.165, 1.54) is 11.1 Å². The minimum atomic E-state index is -0.100. The molecule has 1 aromatic rings. The van der Waals surface area contributed by atoms with Crippen molar-refractivity contribution >= 4 is 5.91 Å². The highest BCUT2D eigenvalue weighted by atomic mass is 16.5. The molecule has 0 saturated heterocycles. The lowest BCUT2D eigenvalue weighted by Crippen LogP contribution is -2.21. The molecule has 0 spiro atoms. The molecule has 4 heteroatoms. The third-order valence-electron chi connectivity index (χ3n) is 3.17. The summed E-state index contributed by atoms with van der Waals surface area (Å²) in [5.41, 5.74) is 9.47. The van der Waals surface area contributed by atoms with Gasteiger partial charge in [0.1, 0.15) is 0 Å². The van der Waals surface area contributed by atoms with Gasteiger partial charge in [0, 0.05) is 27.1 Å². The highest BCUT2D eigenvalue weighted by Gasteiger charge is 2.21. The first-order valence-electron chi connectivity index (χ1n) is 5.73. The lowest BCUT2D eigenvalue weighted by molar-refractivity contribution is -0.129. The van der Waals surface area contributed by atoms with Crippen LogP contribution in [0.3, 0.4) is 0 Å². The lowest BCUT2D eigenvalue weighted by atomic mass is 10.0. The average molecular weight is 234 g/mol. The van der Waals surface area contributed by atoms with Gasteiger partial charge in [-0.1, -0.05) is 18.2 Å². The van der Waals surface area contributed by atoms with Crippen LogP contribution in [-0.4, -0.2) is 24.5 Å². The molecule has 0 bridgehead atoms. The minimum absolute atomic E-state index is 0.100. The highest BCUT2D eigenvalue weighted by Crippen LogP contribution is 2.25. The maximum atomic E-state index is 11.3. The second kappa shape index (κ2) is 4.85. The second-order valence-corrected chi connectivity index (χ2v) is 4.47. The van der Waals surface area contributed by atoms with E-state index in [0.717, 1.165) is 5.56 Å². The molecule has 17 heavy (non-hydrogen) atoms. The number of rotatable bonds is 3. The van der Waals surface area contributed by atoms with Crippen molar-refractivity contribution in [2.75, 3.05) is 13.7 Å². The number of carbonyl (C=O) groups excluding carboxylic acids is 1. The van der Waals surface area contributed by atoms with Gasteiger partial charge in [0.05, 0.1) is 12.6 Å². The number of hydrogen-bond acceptors (Lipinski definition) is 3. The Bertz CT molecular complexity index is 431. The van der Waals surface area contributed by atoms with E-state index in [-0.39, 0.29) is 11.9 Å². The maximum Gasteiger partial charge on any atom is 0.220 e. The molecule has 1 aliphatic heterocycles. The number of fused-ring (bicyclic) bond motifs is 1.